The number of tetrazole rings is 4. The number of methoxy groups -OCH3 is 2. The molecule has 3 N–H and O–H groups in total. The van der Waals surface area contributed by atoms with Crippen LogP contribution in [0.15, 0.2) is 99.1 Å². The molecule has 0 fully saturated rings. The molecule has 492 valence electrons. The maximum Gasteiger partial charge on any atom is 0.370 e. The fraction of sp³-hybridized carbons (Fsp3) is 0.264. The summed E-state index contributed by atoms with van der Waals surface area (Å²) in [7, 11) is 15.4. The minimum atomic E-state index is -1.22. The fourth-order valence-corrected chi connectivity index (χ4v) is 8.01. The Kier molecular flexibility index (Phi) is 21.7. The van der Waals surface area contributed by atoms with Gasteiger partial charge in [0.25, 0.3) is 60.5 Å². The highest BCUT2D eigenvalue weighted by atomic mass is 16.5. The first kappa shape index (κ1) is 69.0. The average molecular weight is 1310 g/mol. The molecule has 12 rings (SSSR count). The number of carbonyl (C=O) groups is 9. The zero-order chi connectivity index (χ0) is 69.7. The Hall–Kier alpha value is -13.5. The number of aryl methyl sites for hydroxylation is 3. The van der Waals surface area contributed by atoms with Crippen LogP contribution in [-0.2, 0) is 15.9 Å². The quantitative estimate of drug-likeness (QED) is 0.0872. The van der Waals surface area contributed by atoms with Crippen molar-refractivity contribution >= 4 is 65.0 Å². The summed E-state index contributed by atoms with van der Waals surface area (Å²) >= 11 is 0. The first-order chi connectivity index (χ1) is 45.1. The monoisotopic (exact) mass is 1310 g/mol. The standard InChI is InChI=1S/C11H15N6O2.C10H11N5O3.C9H9N5O3.C8H6N4O4.C8H11N4.C7H6N4O2/c1-14(2)10(18)8-5-9(11(19)15(3)4)16-7-12-13-17(16)6-8;1-14(2)8(16)7-4-6(9(17)18-3)12-10-13-11-5-15(7)10;1-13(2)7(15)6-3-5(8(16)17)11-9-12-10-4-14(6)9;1-16-8(15)5-2-6(7(13)14)11-4-9-10-12(11)3-5;1-3-8-4-7(2)11-6-9-10-12(11)5-8;1-5-2-6(7(12)13)3-11-9-8-4-10(5)11/h5-7H,1-4H3;4-5H,1-3H3;3-4H,1-2H3,(H,16,17);2-4H,1H3;4-6H,3H2,1-2H3;2-4H,1H3/q+1;;;;+1;/p+2. The van der Waals surface area contributed by atoms with Gasteiger partial charge >= 0.3 is 29.8 Å². The number of hydrogen-bond donors (Lipinski definition) is 3. The van der Waals surface area contributed by atoms with E-state index >= 15 is 0 Å². The first-order valence-corrected chi connectivity index (χ1v) is 27.2. The van der Waals surface area contributed by atoms with Gasteiger partial charge in [-0.15, -0.1) is 38.5 Å². The fourth-order valence-electron chi connectivity index (χ4n) is 8.01. The molecule has 0 aliphatic heterocycles. The van der Waals surface area contributed by atoms with Crippen LogP contribution in [0.2, 0.25) is 0 Å². The lowest BCUT2D eigenvalue weighted by Gasteiger charge is -2.12. The summed E-state index contributed by atoms with van der Waals surface area (Å²) in [6, 6.07) is 8.98. The van der Waals surface area contributed by atoms with E-state index in [9.17, 15) is 43.2 Å². The van der Waals surface area contributed by atoms with Crippen LogP contribution in [0.25, 0.3) is 11.6 Å². The van der Waals surface area contributed by atoms with Gasteiger partial charge in [0, 0.05) is 74.6 Å². The zero-order valence-electron chi connectivity index (χ0n) is 52.8. The van der Waals surface area contributed by atoms with E-state index in [-0.39, 0.29) is 74.8 Å². The molecule has 0 radical (unpaired) electrons. The summed E-state index contributed by atoms with van der Waals surface area (Å²) in [6.45, 7) is 5.96. The Morgan fingerprint density at radius 1 is 0.442 bits per heavy atom. The van der Waals surface area contributed by atoms with Gasteiger partial charge < -0.3 is 44.4 Å². The molecule has 42 nitrogen and oxygen atoms in total. The predicted molar refractivity (Wildman–Crippen MR) is 311 cm³/mol. The second-order valence-electron chi connectivity index (χ2n) is 20.1. The lowest BCUT2D eigenvalue weighted by molar-refractivity contribution is -0.630. The van der Waals surface area contributed by atoms with Gasteiger partial charge in [-0.25, -0.2) is 33.9 Å². The Morgan fingerprint density at radius 2 is 0.853 bits per heavy atom. The molecule has 0 saturated carbocycles. The van der Waals surface area contributed by atoms with Crippen LogP contribution < -0.4 is 18.1 Å². The number of aromatic nitrogens is 24. The lowest BCUT2D eigenvalue weighted by atomic mass is 10.2. The molecule has 12 heterocycles. The smallest absolute Gasteiger partial charge is 0.370 e. The minimum Gasteiger partial charge on any atom is -0.478 e. The number of amides is 4. The van der Waals surface area contributed by atoms with Gasteiger partial charge in [-0.05, 0) is 62.6 Å². The Bertz CT molecular complexity index is 4890. The van der Waals surface area contributed by atoms with Crippen LogP contribution in [-0.4, -0.2) is 258 Å². The molecule has 12 aromatic heterocycles. The maximum atomic E-state index is 12.1. The number of nitrogens with zero attached hydrogens (tertiary/aromatic N) is 28. The molecule has 0 aliphatic rings. The third-order valence-electron chi connectivity index (χ3n) is 12.7. The Morgan fingerprint density at radius 3 is 1.31 bits per heavy atom. The molecule has 0 aliphatic carbocycles. The second kappa shape index (κ2) is 29.9. The molecule has 0 unspecified atom stereocenters. The van der Waals surface area contributed by atoms with Crippen molar-refractivity contribution in [3.8, 4) is 0 Å². The van der Waals surface area contributed by atoms with Crippen LogP contribution in [0.4, 0.5) is 0 Å². The van der Waals surface area contributed by atoms with Crippen LogP contribution in [0, 0.1) is 13.8 Å². The third-order valence-corrected chi connectivity index (χ3v) is 12.7. The van der Waals surface area contributed by atoms with Gasteiger partial charge in [0.15, 0.2) is 37.9 Å². The van der Waals surface area contributed by atoms with Crippen LogP contribution in [0.5, 0.6) is 0 Å². The molecule has 4 amide bonds. The van der Waals surface area contributed by atoms with Crippen molar-refractivity contribution in [2.75, 3.05) is 70.6 Å². The molecule has 0 atom stereocenters. The molecule has 0 bridgehead atoms. The van der Waals surface area contributed by atoms with E-state index in [1.807, 2.05) is 17.6 Å². The highest BCUT2D eigenvalue weighted by Crippen LogP contribution is 2.12. The zero-order valence-corrected chi connectivity index (χ0v) is 52.8. The third kappa shape index (κ3) is 15.9. The summed E-state index contributed by atoms with van der Waals surface area (Å²) in [6.07, 6.45) is 15.8. The number of carboxylic acid groups (broad SMARTS) is 3. The van der Waals surface area contributed by atoms with E-state index in [0.717, 1.165) is 22.4 Å². The molecule has 12 aromatic rings. The topological polar surface area (TPSA) is 469 Å². The summed E-state index contributed by atoms with van der Waals surface area (Å²) in [5.41, 5.74) is 4.23. The maximum absolute atomic E-state index is 12.1. The molecule has 0 saturated heterocycles. The normalized spacial score (nSPS) is 10.5. The van der Waals surface area contributed by atoms with E-state index in [2.05, 4.69) is 94.1 Å². The van der Waals surface area contributed by atoms with E-state index in [4.69, 9.17) is 15.3 Å². The van der Waals surface area contributed by atoms with Crippen molar-refractivity contribution in [2.45, 2.75) is 27.2 Å². The molecule has 0 spiro atoms. The molecule has 95 heavy (non-hydrogen) atoms. The summed E-state index contributed by atoms with van der Waals surface area (Å²) in [4.78, 5) is 116. The van der Waals surface area contributed by atoms with Crippen molar-refractivity contribution in [3.63, 3.8) is 0 Å². The van der Waals surface area contributed by atoms with Crippen LogP contribution >= 0.6 is 0 Å². The van der Waals surface area contributed by atoms with Crippen molar-refractivity contribution < 1.29 is 86.0 Å². The minimum absolute atomic E-state index is 0.0169. The largest absolute Gasteiger partial charge is 0.478 e. The van der Waals surface area contributed by atoms with E-state index < -0.39 is 29.8 Å². The first-order valence-electron chi connectivity index (χ1n) is 27.2. The van der Waals surface area contributed by atoms with Crippen molar-refractivity contribution in [3.05, 3.63) is 167 Å². The number of esters is 2. The molecule has 42 heteroatoms. The number of hydrogen-bond acceptors (Lipinski definition) is 25. The number of carbonyl (C=O) groups excluding carboxylic acids is 6. The number of rotatable bonds is 10. The SMILES string of the molecule is CCc1cc(C)[n+]2cnnn2c1.CN(C)C(=O)c1cc(C(=O)N(C)C)[n+]2cnnn2c1.CN(C)C(=O)c1cc(C(=O)O)nc2nncn12.COC(=O)c1cc(C(=O)N(C)C)n2cnnc2n1.COC(=O)c1cc(C(=O)O)[n+]2cnnn2c1.Cc1cc(C(=O)O)cn2nnc[n+]12. The van der Waals surface area contributed by atoms with E-state index in [1.54, 1.807) is 84.8 Å². The van der Waals surface area contributed by atoms with Gasteiger partial charge in [-0.3, -0.25) is 28.0 Å². The highest BCUT2D eigenvalue weighted by Gasteiger charge is 2.25. The summed E-state index contributed by atoms with van der Waals surface area (Å²) in [5.74, 6) is -5.47. The van der Waals surface area contributed by atoms with E-state index in [1.165, 1.54) is 141 Å². The van der Waals surface area contributed by atoms with Gasteiger partial charge in [-0.2, -0.15) is 0 Å². The Balaban J connectivity index is 0.000000162. The molecule has 0 aromatic carbocycles. The number of carboxylic acids is 3. The van der Waals surface area contributed by atoms with Crippen molar-refractivity contribution in [1.82, 2.24) is 119 Å². The van der Waals surface area contributed by atoms with Gasteiger partial charge in [0.1, 0.15) is 55.8 Å². The molecular formula is C53H60N28O14+4. The average Bonchev–Trinajstić information content (AvgIpc) is 1.42. The van der Waals surface area contributed by atoms with Crippen molar-refractivity contribution in [1.29, 1.82) is 0 Å². The van der Waals surface area contributed by atoms with Crippen LogP contribution in [0.1, 0.15) is 118 Å². The number of aromatic carboxylic acids is 3. The predicted octanol–water partition coefficient (Wildman–Crippen LogP) is -3.84. The Labute approximate surface area is 532 Å². The number of ether oxygens (including phenoxy) is 2. The molecular weight excluding hydrogens is 1250 g/mol. The van der Waals surface area contributed by atoms with Gasteiger partial charge in [-0.1, -0.05) is 6.92 Å². The van der Waals surface area contributed by atoms with Gasteiger partial charge in [0.05, 0.1) is 55.7 Å². The highest BCUT2D eigenvalue weighted by molar-refractivity contribution is 5.98. The second-order valence-corrected chi connectivity index (χ2v) is 20.1. The van der Waals surface area contributed by atoms with E-state index in [0.29, 0.717) is 11.3 Å². The van der Waals surface area contributed by atoms with Crippen LogP contribution in [0.3, 0.4) is 0 Å². The lowest BCUT2D eigenvalue weighted by Crippen LogP contribution is -2.40. The van der Waals surface area contributed by atoms with Gasteiger partial charge in [0.2, 0.25) is 5.69 Å². The number of fused-ring (bicyclic) bond motifs is 6. The summed E-state index contributed by atoms with van der Waals surface area (Å²) in [5, 5.41) is 70.9. The van der Waals surface area contributed by atoms with Crippen molar-refractivity contribution in [2.24, 2.45) is 0 Å². The summed E-state index contributed by atoms with van der Waals surface area (Å²) < 4.78 is 23.6.